The molecule has 0 fully saturated rings. The highest BCUT2D eigenvalue weighted by atomic mass is 15.2. The molecule has 4 aromatic heterocycles. The Morgan fingerprint density at radius 3 is 1.23 bits per heavy atom. The molecule has 4 aromatic carbocycles. The lowest BCUT2D eigenvalue weighted by atomic mass is 10.0. The number of para-hydroxylation sites is 2. The van der Waals surface area contributed by atoms with Crippen LogP contribution in [0.5, 0.6) is 0 Å². The zero-order chi connectivity index (χ0) is 26.8. The molecule has 0 saturated carbocycles. The van der Waals surface area contributed by atoms with Crippen LogP contribution in [0.2, 0.25) is 0 Å². The van der Waals surface area contributed by atoms with Gasteiger partial charge < -0.3 is 0 Å². The standard InChI is InChI=1S/C34H24N6/c1-21-17-35-33(36-18-21)39-29-9-5-3-7-25(29)27-15-23(11-13-31(27)39)24-12-14-32-28(16-24)26-8-4-6-10-30(26)40(32)34-37-19-22(2)20-38-34/h3-20H,1-2H3. The van der Waals surface area contributed by atoms with Gasteiger partial charge in [-0.15, -0.1) is 0 Å². The molecule has 0 aliphatic heterocycles. The lowest BCUT2D eigenvalue weighted by Gasteiger charge is -2.08. The van der Waals surface area contributed by atoms with Crippen molar-refractivity contribution in [1.29, 1.82) is 0 Å². The van der Waals surface area contributed by atoms with Crippen molar-refractivity contribution < 1.29 is 0 Å². The smallest absolute Gasteiger partial charge is 0.234 e. The third-order valence-corrected chi connectivity index (χ3v) is 7.61. The molecule has 0 saturated heterocycles. The molecule has 0 atom stereocenters. The van der Waals surface area contributed by atoms with Gasteiger partial charge in [0.15, 0.2) is 0 Å². The van der Waals surface area contributed by atoms with Gasteiger partial charge in [-0.25, -0.2) is 19.9 Å². The maximum Gasteiger partial charge on any atom is 0.234 e. The van der Waals surface area contributed by atoms with Crippen LogP contribution in [0.15, 0.2) is 110 Å². The minimum atomic E-state index is 0.678. The quantitative estimate of drug-likeness (QED) is 0.241. The summed E-state index contributed by atoms with van der Waals surface area (Å²) in [6, 6.07) is 30.2. The molecule has 6 nitrogen and oxygen atoms in total. The number of rotatable bonds is 3. The van der Waals surface area contributed by atoms with Crippen LogP contribution < -0.4 is 0 Å². The van der Waals surface area contributed by atoms with Crippen molar-refractivity contribution >= 4 is 43.6 Å². The molecule has 0 unspecified atom stereocenters. The summed E-state index contributed by atoms with van der Waals surface area (Å²) in [5.41, 5.74) is 8.75. The Balaban J connectivity index is 1.34. The van der Waals surface area contributed by atoms with E-state index in [1.807, 2.05) is 38.6 Å². The van der Waals surface area contributed by atoms with E-state index in [0.717, 1.165) is 44.3 Å². The normalized spacial score (nSPS) is 11.8. The number of hydrogen-bond donors (Lipinski definition) is 0. The van der Waals surface area contributed by atoms with Crippen LogP contribution in [0.3, 0.4) is 0 Å². The van der Waals surface area contributed by atoms with E-state index in [2.05, 4.69) is 114 Å². The van der Waals surface area contributed by atoms with Crippen LogP contribution in [-0.4, -0.2) is 29.1 Å². The van der Waals surface area contributed by atoms with E-state index in [-0.39, 0.29) is 0 Å². The molecule has 0 spiro atoms. The number of aromatic nitrogens is 6. The Bertz CT molecular complexity index is 2060. The third kappa shape index (κ3) is 3.36. The second kappa shape index (κ2) is 8.58. The first-order chi connectivity index (χ1) is 19.7. The van der Waals surface area contributed by atoms with Crippen molar-refractivity contribution in [2.75, 3.05) is 0 Å². The van der Waals surface area contributed by atoms with E-state index in [9.17, 15) is 0 Å². The minimum Gasteiger partial charge on any atom is -0.278 e. The molecule has 190 valence electrons. The van der Waals surface area contributed by atoms with Gasteiger partial charge in [-0.05, 0) is 72.5 Å². The molecule has 0 aliphatic rings. The highest BCUT2D eigenvalue weighted by molar-refractivity contribution is 6.12. The Kier molecular flexibility index (Phi) is 4.85. The number of nitrogens with zero attached hydrogens (tertiary/aromatic N) is 6. The van der Waals surface area contributed by atoms with Gasteiger partial charge in [0.05, 0.1) is 22.1 Å². The fraction of sp³-hybridized carbons (Fsp3) is 0.0588. The molecule has 0 amide bonds. The highest BCUT2D eigenvalue weighted by Gasteiger charge is 2.17. The Morgan fingerprint density at radius 1 is 0.425 bits per heavy atom. The van der Waals surface area contributed by atoms with E-state index < -0.39 is 0 Å². The minimum absolute atomic E-state index is 0.678. The van der Waals surface area contributed by atoms with Gasteiger partial charge in [-0.2, -0.15) is 0 Å². The molecular formula is C34H24N6. The van der Waals surface area contributed by atoms with Crippen molar-refractivity contribution in [3.8, 4) is 23.0 Å². The second-order valence-corrected chi connectivity index (χ2v) is 10.3. The molecule has 0 N–H and O–H groups in total. The predicted molar refractivity (Wildman–Crippen MR) is 161 cm³/mol. The summed E-state index contributed by atoms with van der Waals surface area (Å²) >= 11 is 0. The van der Waals surface area contributed by atoms with Crippen LogP contribution in [0.4, 0.5) is 0 Å². The van der Waals surface area contributed by atoms with Crippen LogP contribution in [0.1, 0.15) is 11.1 Å². The van der Waals surface area contributed by atoms with Gasteiger partial charge in [0.25, 0.3) is 0 Å². The summed E-state index contributed by atoms with van der Waals surface area (Å²) in [6.45, 7) is 4.01. The molecule has 6 heteroatoms. The van der Waals surface area contributed by atoms with Gasteiger partial charge in [-0.1, -0.05) is 48.5 Å². The SMILES string of the molecule is Cc1cnc(-n2c3ccccc3c3cc(-c4ccc5c(c4)c4ccccc4n5-c4ncc(C)cn4)ccc32)nc1. The summed E-state index contributed by atoms with van der Waals surface area (Å²) in [5, 5.41) is 4.70. The largest absolute Gasteiger partial charge is 0.278 e. The van der Waals surface area contributed by atoms with Crippen molar-refractivity contribution in [3.63, 3.8) is 0 Å². The van der Waals surface area contributed by atoms with Crippen molar-refractivity contribution in [3.05, 3.63) is 121 Å². The average molecular weight is 517 g/mol. The first-order valence-electron chi connectivity index (χ1n) is 13.3. The van der Waals surface area contributed by atoms with Crippen molar-refractivity contribution in [2.24, 2.45) is 0 Å². The van der Waals surface area contributed by atoms with E-state index in [1.165, 1.54) is 21.5 Å². The van der Waals surface area contributed by atoms with Gasteiger partial charge in [-0.3, -0.25) is 9.13 Å². The van der Waals surface area contributed by atoms with Crippen LogP contribution in [0, 0.1) is 13.8 Å². The summed E-state index contributed by atoms with van der Waals surface area (Å²) in [7, 11) is 0. The van der Waals surface area contributed by atoms with E-state index in [4.69, 9.17) is 0 Å². The fourth-order valence-electron chi connectivity index (χ4n) is 5.74. The first-order valence-corrected chi connectivity index (χ1v) is 13.3. The lowest BCUT2D eigenvalue weighted by Crippen LogP contribution is -2.00. The van der Waals surface area contributed by atoms with E-state index in [0.29, 0.717) is 11.9 Å². The monoisotopic (exact) mass is 516 g/mol. The molecule has 0 aliphatic carbocycles. The molecule has 0 bridgehead atoms. The number of hydrogen-bond acceptors (Lipinski definition) is 4. The van der Waals surface area contributed by atoms with Gasteiger partial charge >= 0.3 is 0 Å². The summed E-state index contributed by atoms with van der Waals surface area (Å²) < 4.78 is 4.29. The number of fused-ring (bicyclic) bond motifs is 6. The highest BCUT2D eigenvalue weighted by Crippen LogP contribution is 2.37. The molecule has 40 heavy (non-hydrogen) atoms. The molecule has 8 aromatic rings. The van der Waals surface area contributed by atoms with E-state index in [1.54, 1.807) is 0 Å². The molecule has 8 rings (SSSR count). The average Bonchev–Trinajstić information content (AvgIpc) is 3.50. The summed E-state index contributed by atoms with van der Waals surface area (Å²) in [4.78, 5) is 18.5. The predicted octanol–water partition coefficient (Wildman–Crippen LogP) is 7.74. The number of benzene rings is 4. The molecule has 4 heterocycles. The molecule has 0 radical (unpaired) electrons. The first kappa shape index (κ1) is 22.6. The Morgan fingerprint density at radius 2 is 0.800 bits per heavy atom. The van der Waals surface area contributed by atoms with Gasteiger partial charge in [0.2, 0.25) is 11.9 Å². The lowest BCUT2D eigenvalue weighted by molar-refractivity contribution is 0.976. The van der Waals surface area contributed by atoms with Crippen molar-refractivity contribution in [1.82, 2.24) is 29.1 Å². The Labute approximate surface area is 230 Å². The van der Waals surface area contributed by atoms with Crippen LogP contribution >= 0.6 is 0 Å². The second-order valence-electron chi connectivity index (χ2n) is 10.3. The zero-order valence-electron chi connectivity index (χ0n) is 22.1. The topological polar surface area (TPSA) is 61.4 Å². The van der Waals surface area contributed by atoms with Gasteiger partial charge in [0, 0.05) is 46.3 Å². The third-order valence-electron chi connectivity index (χ3n) is 7.61. The number of aryl methyl sites for hydroxylation is 2. The Hall–Kier alpha value is -5.36. The summed E-state index contributed by atoms with van der Waals surface area (Å²) in [6.07, 6.45) is 7.46. The van der Waals surface area contributed by atoms with E-state index >= 15 is 0 Å². The maximum atomic E-state index is 4.64. The molecular weight excluding hydrogens is 492 g/mol. The van der Waals surface area contributed by atoms with Crippen molar-refractivity contribution in [2.45, 2.75) is 13.8 Å². The summed E-state index contributed by atoms with van der Waals surface area (Å²) in [5.74, 6) is 1.36. The van der Waals surface area contributed by atoms with Crippen LogP contribution in [-0.2, 0) is 0 Å². The zero-order valence-corrected chi connectivity index (χ0v) is 22.1. The fourth-order valence-corrected chi connectivity index (χ4v) is 5.74. The van der Waals surface area contributed by atoms with Gasteiger partial charge in [0.1, 0.15) is 0 Å². The maximum absolute atomic E-state index is 4.64. The van der Waals surface area contributed by atoms with Crippen LogP contribution in [0.25, 0.3) is 66.6 Å².